The van der Waals surface area contributed by atoms with Gasteiger partial charge in [0, 0.05) is 5.56 Å². The molecule has 2 aromatic carbocycles. The van der Waals surface area contributed by atoms with Crippen molar-refractivity contribution in [2.24, 2.45) is 0 Å². The Morgan fingerprint density at radius 1 is 1.14 bits per heavy atom. The van der Waals surface area contributed by atoms with Gasteiger partial charge in [-0.1, -0.05) is 6.08 Å². The normalized spacial score (nSPS) is 12.5. The number of ether oxygens (including phenoxy) is 2. The van der Waals surface area contributed by atoms with E-state index in [1.807, 2.05) is 62.4 Å². The second-order valence-corrected chi connectivity index (χ2v) is 6.34. The number of benzene rings is 2. The molecule has 0 spiro atoms. The SMILES string of the molecule is C/C=C/C(C)Oc1cc(-c2nc3ccc(-n4cncn4)cc3[nH]2)ccc1OC. The van der Waals surface area contributed by atoms with E-state index in [4.69, 9.17) is 14.5 Å². The summed E-state index contributed by atoms with van der Waals surface area (Å²) in [6.45, 7) is 3.95. The third-order valence-corrected chi connectivity index (χ3v) is 4.36. The third kappa shape index (κ3) is 3.46. The van der Waals surface area contributed by atoms with Gasteiger partial charge in [-0.25, -0.2) is 14.6 Å². The number of aromatic nitrogens is 5. The fourth-order valence-corrected chi connectivity index (χ4v) is 3.05. The topological polar surface area (TPSA) is 77.9 Å². The number of nitrogens with one attached hydrogen (secondary N) is 1. The summed E-state index contributed by atoms with van der Waals surface area (Å²) in [7, 11) is 1.63. The van der Waals surface area contributed by atoms with Crippen LogP contribution in [0.25, 0.3) is 28.1 Å². The highest BCUT2D eigenvalue weighted by Crippen LogP contribution is 2.33. The van der Waals surface area contributed by atoms with Crippen LogP contribution < -0.4 is 9.47 Å². The van der Waals surface area contributed by atoms with Gasteiger partial charge in [0.05, 0.1) is 23.8 Å². The molecule has 0 amide bonds. The minimum Gasteiger partial charge on any atom is -0.493 e. The molecule has 28 heavy (non-hydrogen) atoms. The van der Waals surface area contributed by atoms with Crippen LogP contribution in [0.2, 0.25) is 0 Å². The number of allylic oxidation sites excluding steroid dienone is 1. The zero-order valence-electron chi connectivity index (χ0n) is 16.0. The summed E-state index contributed by atoms with van der Waals surface area (Å²) in [4.78, 5) is 12.1. The van der Waals surface area contributed by atoms with Crippen LogP contribution in [0.4, 0.5) is 0 Å². The molecular formula is C21H21N5O2. The number of nitrogens with zero attached hydrogens (tertiary/aromatic N) is 4. The van der Waals surface area contributed by atoms with Crippen molar-refractivity contribution >= 4 is 11.0 Å². The van der Waals surface area contributed by atoms with Crippen LogP contribution >= 0.6 is 0 Å². The van der Waals surface area contributed by atoms with Gasteiger partial charge in [-0.3, -0.25) is 0 Å². The Morgan fingerprint density at radius 2 is 2.04 bits per heavy atom. The van der Waals surface area contributed by atoms with Crippen molar-refractivity contribution < 1.29 is 9.47 Å². The summed E-state index contributed by atoms with van der Waals surface area (Å²) in [5, 5.41) is 4.17. The van der Waals surface area contributed by atoms with Crippen LogP contribution in [-0.4, -0.2) is 37.9 Å². The molecule has 0 aliphatic heterocycles. The monoisotopic (exact) mass is 375 g/mol. The Kier molecular flexibility index (Phi) is 4.80. The van der Waals surface area contributed by atoms with E-state index in [2.05, 4.69) is 15.1 Å². The van der Waals surface area contributed by atoms with Gasteiger partial charge in [0.15, 0.2) is 11.5 Å². The fourth-order valence-electron chi connectivity index (χ4n) is 3.05. The molecule has 0 radical (unpaired) electrons. The van der Waals surface area contributed by atoms with Gasteiger partial charge in [-0.2, -0.15) is 5.10 Å². The predicted molar refractivity (Wildman–Crippen MR) is 108 cm³/mol. The summed E-state index contributed by atoms with van der Waals surface area (Å²) in [5.41, 5.74) is 3.63. The Morgan fingerprint density at radius 3 is 2.79 bits per heavy atom. The van der Waals surface area contributed by atoms with Gasteiger partial charge in [-0.15, -0.1) is 0 Å². The third-order valence-electron chi connectivity index (χ3n) is 4.36. The van der Waals surface area contributed by atoms with Gasteiger partial charge < -0.3 is 14.5 Å². The van der Waals surface area contributed by atoms with E-state index in [-0.39, 0.29) is 6.10 Å². The van der Waals surface area contributed by atoms with Crippen molar-refractivity contribution in [2.45, 2.75) is 20.0 Å². The highest BCUT2D eigenvalue weighted by Gasteiger charge is 2.12. The average Bonchev–Trinajstić information content (AvgIpc) is 3.37. The zero-order valence-corrected chi connectivity index (χ0v) is 16.0. The van der Waals surface area contributed by atoms with Crippen molar-refractivity contribution in [3.05, 3.63) is 61.2 Å². The second-order valence-electron chi connectivity index (χ2n) is 6.34. The zero-order chi connectivity index (χ0) is 19.5. The van der Waals surface area contributed by atoms with E-state index in [0.29, 0.717) is 11.5 Å². The predicted octanol–water partition coefficient (Wildman–Crippen LogP) is 4.16. The highest BCUT2D eigenvalue weighted by molar-refractivity contribution is 5.81. The molecule has 7 nitrogen and oxygen atoms in total. The molecule has 2 aromatic heterocycles. The molecule has 4 aromatic rings. The maximum Gasteiger partial charge on any atom is 0.162 e. The second kappa shape index (κ2) is 7.56. The summed E-state index contributed by atoms with van der Waals surface area (Å²) in [6, 6.07) is 11.7. The van der Waals surface area contributed by atoms with Crippen LogP contribution in [0.5, 0.6) is 11.5 Å². The van der Waals surface area contributed by atoms with Crippen LogP contribution in [0.1, 0.15) is 13.8 Å². The Hall–Kier alpha value is -3.61. The number of aromatic amines is 1. The lowest BCUT2D eigenvalue weighted by Gasteiger charge is -2.15. The van der Waals surface area contributed by atoms with Crippen molar-refractivity contribution in [3.63, 3.8) is 0 Å². The summed E-state index contributed by atoms with van der Waals surface area (Å²) in [6.07, 6.45) is 7.06. The minimum atomic E-state index is -0.0601. The molecule has 1 N–H and O–H groups in total. The van der Waals surface area contributed by atoms with Crippen LogP contribution in [0, 0.1) is 0 Å². The lowest BCUT2D eigenvalue weighted by atomic mass is 10.2. The minimum absolute atomic E-state index is 0.0601. The molecule has 0 saturated heterocycles. The number of rotatable bonds is 6. The van der Waals surface area contributed by atoms with E-state index in [1.165, 1.54) is 6.33 Å². The lowest BCUT2D eigenvalue weighted by molar-refractivity contribution is 0.254. The molecule has 1 unspecified atom stereocenters. The van der Waals surface area contributed by atoms with Crippen molar-refractivity contribution in [3.8, 4) is 28.6 Å². The van der Waals surface area contributed by atoms with E-state index >= 15 is 0 Å². The van der Waals surface area contributed by atoms with E-state index < -0.39 is 0 Å². The number of H-pyrrole nitrogens is 1. The summed E-state index contributed by atoms with van der Waals surface area (Å²) in [5.74, 6) is 2.12. The number of fused-ring (bicyclic) bond motifs is 1. The quantitative estimate of drug-likeness (QED) is 0.512. The standard InChI is InChI=1S/C21H21N5O2/c1-4-5-14(2)28-20-10-15(6-9-19(20)27-3)21-24-17-8-7-16(11-18(17)25-21)26-13-22-12-23-26/h4-14H,1-3H3,(H,24,25)/b5-4+. The number of hydrogen-bond donors (Lipinski definition) is 1. The van der Waals surface area contributed by atoms with Gasteiger partial charge in [-0.05, 0) is 56.3 Å². The maximum atomic E-state index is 6.01. The number of imidazole rings is 1. The van der Waals surface area contributed by atoms with Crippen LogP contribution in [0.15, 0.2) is 61.2 Å². The highest BCUT2D eigenvalue weighted by atomic mass is 16.5. The molecule has 1 atom stereocenters. The van der Waals surface area contributed by atoms with Gasteiger partial charge in [0.2, 0.25) is 0 Å². The maximum absolute atomic E-state index is 6.01. The summed E-state index contributed by atoms with van der Waals surface area (Å²) >= 11 is 0. The number of hydrogen-bond acceptors (Lipinski definition) is 5. The fraction of sp³-hybridized carbons (Fsp3) is 0.190. The van der Waals surface area contributed by atoms with Gasteiger partial charge in [0.25, 0.3) is 0 Å². The van der Waals surface area contributed by atoms with E-state index in [9.17, 15) is 0 Å². The molecule has 0 bridgehead atoms. The molecule has 7 heteroatoms. The van der Waals surface area contributed by atoms with Crippen molar-refractivity contribution in [1.82, 2.24) is 24.7 Å². The largest absolute Gasteiger partial charge is 0.493 e. The molecule has 142 valence electrons. The first kappa shape index (κ1) is 17.8. The first-order chi connectivity index (χ1) is 13.7. The van der Waals surface area contributed by atoms with Gasteiger partial charge in [0.1, 0.15) is 24.6 Å². The average molecular weight is 375 g/mol. The molecule has 2 heterocycles. The molecule has 0 saturated carbocycles. The molecule has 4 rings (SSSR count). The molecule has 0 fully saturated rings. The van der Waals surface area contributed by atoms with Crippen LogP contribution in [-0.2, 0) is 0 Å². The summed E-state index contributed by atoms with van der Waals surface area (Å²) < 4.78 is 13.2. The molecular weight excluding hydrogens is 354 g/mol. The van der Waals surface area contributed by atoms with E-state index in [0.717, 1.165) is 28.1 Å². The smallest absolute Gasteiger partial charge is 0.162 e. The van der Waals surface area contributed by atoms with E-state index in [1.54, 1.807) is 18.1 Å². The Balaban J connectivity index is 1.70. The molecule has 0 aliphatic rings. The van der Waals surface area contributed by atoms with Crippen molar-refractivity contribution in [2.75, 3.05) is 7.11 Å². The Labute approximate surface area is 162 Å². The van der Waals surface area contributed by atoms with Gasteiger partial charge >= 0.3 is 0 Å². The molecule has 0 aliphatic carbocycles. The first-order valence-corrected chi connectivity index (χ1v) is 9.00. The van der Waals surface area contributed by atoms with Crippen LogP contribution in [0.3, 0.4) is 0 Å². The van der Waals surface area contributed by atoms with Crippen molar-refractivity contribution in [1.29, 1.82) is 0 Å². The first-order valence-electron chi connectivity index (χ1n) is 9.00. The number of methoxy groups -OCH3 is 1. The lowest BCUT2D eigenvalue weighted by Crippen LogP contribution is -2.08. The Bertz CT molecular complexity index is 1120.